The number of thioether (sulfide) groups is 1. The number of ether oxygens (including phenoxy) is 1. The van der Waals surface area contributed by atoms with Crippen molar-refractivity contribution < 1.29 is 18.1 Å². The maximum absolute atomic E-state index is 7.43. The van der Waals surface area contributed by atoms with Crippen molar-refractivity contribution in [2.24, 2.45) is 0 Å². The van der Waals surface area contributed by atoms with Crippen molar-refractivity contribution in [2.45, 2.75) is 115 Å². The molecule has 1 aliphatic heterocycles. The van der Waals surface area contributed by atoms with Gasteiger partial charge in [0.1, 0.15) is 36.3 Å². The zero-order valence-electron chi connectivity index (χ0n) is 33.3. The first-order valence-electron chi connectivity index (χ1n) is 18.4. The number of nitrogens with two attached hydrogens (primary N) is 1. The molecule has 14 heteroatoms. The smallest absolute Gasteiger partial charge is 0.192 e. The van der Waals surface area contributed by atoms with E-state index >= 15 is 0 Å². The Bertz CT molecular complexity index is 2130. The van der Waals surface area contributed by atoms with Gasteiger partial charge in [0.25, 0.3) is 0 Å². The fourth-order valence-corrected chi connectivity index (χ4v) is 9.69. The lowest BCUT2D eigenvalue weighted by Gasteiger charge is -2.44. The summed E-state index contributed by atoms with van der Waals surface area (Å²) in [6.45, 7) is 24.7. The standard InChI is InChI=1S/C40H53N7O4SSi2/c1-26-30(33(49-46-26)28-15-13-12-14-16-28)22-52-23-31-34(50-53(8,9)39(2,3)4)35(51-54(10,11)40(5,6)7)38(48-31)47-21-29(18-17-27-19-42-24-43-20-27)32-36(41)44-25-45-37(32)47/h12-16,19-21,24-25,31,34-35,38H,22-23H2,1-11H3,(H2,41,44,45)/t31-,34-,35-,38-/m1/s1. The summed E-state index contributed by atoms with van der Waals surface area (Å²) in [7, 11) is -4.72. The average molecular weight is 784 g/mol. The minimum absolute atomic E-state index is 0.0415. The van der Waals surface area contributed by atoms with Gasteiger partial charge in [0.2, 0.25) is 0 Å². The summed E-state index contributed by atoms with van der Waals surface area (Å²) < 4.78 is 29.9. The highest BCUT2D eigenvalue weighted by Crippen LogP contribution is 2.47. The molecule has 0 saturated carbocycles. The molecule has 1 aromatic carbocycles. The highest BCUT2D eigenvalue weighted by atomic mass is 32.2. The number of hydrogen-bond acceptors (Lipinski definition) is 11. The van der Waals surface area contributed by atoms with Crippen molar-refractivity contribution in [3.8, 4) is 23.2 Å². The van der Waals surface area contributed by atoms with E-state index in [4.69, 9.17) is 28.8 Å². The Morgan fingerprint density at radius 1 is 0.889 bits per heavy atom. The number of nitrogen functional groups attached to an aromatic ring is 1. The molecular weight excluding hydrogens is 731 g/mol. The number of aryl methyl sites for hydroxylation is 1. The first kappa shape index (κ1) is 39.8. The predicted molar refractivity (Wildman–Crippen MR) is 221 cm³/mol. The van der Waals surface area contributed by atoms with Crippen LogP contribution >= 0.6 is 11.8 Å². The molecule has 6 rings (SSSR count). The monoisotopic (exact) mass is 783 g/mol. The summed E-state index contributed by atoms with van der Waals surface area (Å²) in [5, 5.41) is 4.89. The van der Waals surface area contributed by atoms with Gasteiger partial charge in [0, 0.05) is 41.2 Å². The first-order chi connectivity index (χ1) is 25.4. The number of fused-ring (bicyclic) bond motifs is 1. The molecule has 4 atom stereocenters. The predicted octanol–water partition coefficient (Wildman–Crippen LogP) is 8.78. The van der Waals surface area contributed by atoms with Gasteiger partial charge in [-0.3, -0.25) is 0 Å². The number of anilines is 1. The van der Waals surface area contributed by atoms with Crippen LogP contribution in [0.2, 0.25) is 36.3 Å². The molecule has 0 unspecified atom stereocenters. The van der Waals surface area contributed by atoms with Crippen LogP contribution in [-0.2, 0) is 19.3 Å². The molecule has 5 aromatic rings. The molecule has 0 amide bonds. The van der Waals surface area contributed by atoms with E-state index in [2.05, 4.69) is 112 Å². The van der Waals surface area contributed by atoms with Gasteiger partial charge in [-0.15, -0.1) is 0 Å². The van der Waals surface area contributed by atoms with Crippen LogP contribution < -0.4 is 5.73 Å². The molecule has 0 aliphatic carbocycles. The Labute approximate surface area is 325 Å². The van der Waals surface area contributed by atoms with E-state index < -0.39 is 29.0 Å². The van der Waals surface area contributed by atoms with Gasteiger partial charge in [-0.1, -0.05) is 88.9 Å². The summed E-state index contributed by atoms with van der Waals surface area (Å²) >= 11 is 1.79. The fourth-order valence-electron chi connectivity index (χ4n) is 5.92. The van der Waals surface area contributed by atoms with E-state index in [0.717, 1.165) is 22.6 Å². The average Bonchev–Trinajstić information content (AvgIpc) is 3.77. The Morgan fingerprint density at radius 2 is 1.54 bits per heavy atom. The lowest BCUT2D eigenvalue weighted by molar-refractivity contribution is -0.0244. The van der Waals surface area contributed by atoms with Crippen LogP contribution in [0.1, 0.15) is 70.2 Å². The summed E-state index contributed by atoms with van der Waals surface area (Å²) in [5.74, 6) is 8.96. The Kier molecular flexibility index (Phi) is 11.3. The first-order valence-corrected chi connectivity index (χ1v) is 25.3. The molecule has 0 spiro atoms. The van der Waals surface area contributed by atoms with Crippen molar-refractivity contribution in [3.63, 3.8) is 0 Å². The second-order valence-corrected chi connectivity index (χ2v) is 27.5. The quantitative estimate of drug-likeness (QED) is 0.108. The van der Waals surface area contributed by atoms with Crippen LogP contribution in [0.4, 0.5) is 5.82 Å². The Balaban J connectivity index is 1.43. The minimum Gasteiger partial charge on any atom is -0.408 e. The van der Waals surface area contributed by atoms with Crippen LogP contribution in [0.5, 0.6) is 0 Å². The lowest BCUT2D eigenvalue weighted by atomic mass is 10.1. The SMILES string of the molecule is Cc1noc(-c2ccccc2)c1CSC[C@H]1O[C@@H](n2cc(C#Cc3cncnc3)c3c(N)ncnc32)[C@H](O[Si](C)(C)C(C)(C)C)[C@@H]1O[Si](C)(C)C(C)(C)C. The second kappa shape index (κ2) is 15.4. The number of hydrogen-bond donors (Lipinski definition) is 1. The number of benzene rings is 1. The maximum Gasteiger partial charge on any atom is 0.192 e. The zero-order chi connectivity index (χ0) is 39.1. The van der Waals surface area contributed by atoms with Gasteiger partial charge >= 0.3 is 0 Å². The Hall–Kier alpha value is -3.85. The molecule has 54 heavy (non-hydrogen) atoms. The number of rotatable bonds is 10. The lowest BCUT2D eigenvalue weighted by Crippen LogP contribution is -2.53. The van der Waals surface area contributed by atoms with Gasteiger partial charge in [0.15, 0.2) is 28.6 Å². The largest absolute Gasteiger partial charge is 0.408 e. The third-order valence-electron chi connectivity index (χ3n) is 11.1. The van der Waals surface area contributed by atoms with Gasteiger partial charge in [0.05, 0.1) is 28.3 Å². The highest BCUT2D eigenvalue weighted by molar-refractivity contribution is 7.98. The third kappa shape index (κ3) is 8.22. The highest BCUT2D eigenvalue weighted by Gasteiger charge is 2.54. The normalized spacial score (nSPS) is 19.6. The van der Waals surface area contributed by atoms with Crippen molar-refractivity contribution in [2.75, 3.05) is 11.5 Å². The summed E-state index contributed by atoms with van der Waals surface area (Å²) in [4.78, 5) is 17.3. The minimum atomic E-state index is -2.38. The third-order valence-corrected chi connectivity index (χ3v) is 21.1. The molecule has 2 N–H and O–H groups in total. The van der Waals surface area contributed by atoms with Crippen LogP contribution in [0.15, 0.2) is 66.1 Å². The summed E-state index contributed by atoms with van der Waals surface area (Å²) in [5.41, 5.74) is 11.5. The zero-order valence-corrected chi connectivity index (χ0v) is 36.1. The molecule has 1 aliphatic rings. The molecule has 4 aromatic heterocycles. The van der Waals surface area contributed by atoms with E-state index in [1.54, 1.807) is 24.2 Å². The number of aromatic nitrogens is 6. The van der Waals surface area contributed by atoms with Crippen LogP contribution in [-0.4, -0.2) is 70.4 Å². The van der Waals surface area contributed by atoms with Crippen LogP contribution in [0.3, 0.4) is 0 Å². The molecule has 5 heterocycles. The van der Waals surface area contributed by atoms with Crippen molar-refractivity contribution in [1.82, 2.24) is 29.7 Å². The molecular formula is C40H53N7O4SSi2. The fraction of sp³-hybridized carbons (Fsp3) is 0.475. The molecule has 11 nitrogen and oxygen atoms in total. The molecule has 1 fully saturated rings. The summed E-state index contributed by atoms with van der Waals surface area (Å²) in [6.07, 6.45) is 6.59. The van der Waals surface area contributed by atoms with Crippen molar-refractivity contribution >= 4 is 45.2 Å². The van der Waals surface area contributed by atoms with Crippen molar-refractivity contribution in [1.29, 1.82) is 0 Å². The van der Waals surface area contributed by atoms with Crippen molar-refractivity contribution in [3.05, 3.63) is 84.0 Å². The summed E-state index contributed by atoms with van der Waals surface area (Å²) in [6, 6.07) is 10.1. The molecule has 0 bridgehead atoms. The van der Waals surface area contributed by atoms with Crippen LogP contribution in [0.25, 0.3) is 22.4 Å². The van der Waals surface area contributed by atoms with Gasteiger partial charge < -0.3 is 28.4 Å². The van der Waals surface area contributed by atoms with Crippen LogP contribution in [0, 0.1) is 18.8 Å². The number of nitrogens with zero attached hydrogens (tertiary/aromatic N) is 6. The van der Waals surface area contributed by atoms with E-state index in [1.807, 2.05) is 35.9 Å². The molecule has 0 radical (unpaired) electrons. The Morgan fingerprint density at radius 3 is 2.19 bits per heavy atom. The second-order valence-electron chi connectivity index (χ2n) is 17.0. The maximum atomic E-state index is 7.43. The van der Waals surface area contributed by atoms with E-state index in [9.17, 15) is 0 Å². The van der Waals surface area contributed by atoms with Gasteiger partial charge in [-0.25, -0.2) is 19.9 Å². The molecule has 286 valence electrons. The van der Waals surface area contributed by atoms with Gasteiger partial charge in [-0.2, -0.15) is 11.8 Å². The van der Waals surface area contributed by atoms with E-state index in [0.29, 0.717) is 39.5 Å². The topological polar surface area (TPSA) is 136 Å². The van der Waals surface area contributed by atoms with Gasteiger partial charge in [-0.05, 0) is 43.2 Å². The van der Waals surface area contributed by atoms with E-state index in [1.165, 1.54) is 12.7 Å². The molecule has 1 saturated heterocycles. The van der Waals surface area contributed by atoms with E-state index in [-0.39, 0.29) is 22.3 Å².